The van der Waals surface area contributed by atoms with Gasteiger partial charge in [-0.25, -0.2) is 0 Å². The molecule has 0 saturated carbocycles. The maximum absolute atomic E-state index is 2.27. The molecule has 0 atom stereocenters. The number of hydrogen-bond donors (Lipinski definition) is 0. The van der Waals surface area contributed by atoms with E-state index >= 15 is 0 Å². The van der Waals surface area contributed by atoms with Crippen LogP contribution in [0.1, 0.15) is 13.8 Å². The van der Waals surface area contributed by atoms with E-state index in [-0.39, 0.29) is 0 Å². The van der Waals surface area contributed by atoms with E-state index in [1.165, 1.54) is 9.10 Å². The van der Waals surface area contributed by atoms with Crippen LogP contribution in [0.3, 0.4) is 0 Å². The second-order valence-electron chi connectivity index (χ2n) is 1.71. The predicted octanol–water partition coefficient (Wildman–Crippen LogP) is 2.12. The maximum atomic E-state index is 2.27. The van der Waals surface area contributed by atoms with Gasteiger partial charge in [-0.05, 0) is 6.92 Å². The van der Waals surface area contributed by atoms with E-state index in [9.17, 15) is 0 Å². The van der Waals surface area contributed by atoms with Crippen molar-refractivity contribution in [1.29, 1.82) is 0 Å². The van der Waals surface area contributed by atoms with Gasteiger partial charge < -0.3 is 0 Å². The lowest BCUT2D eigenvalue weighted by atomic mass is 10.6. The van der Waals surface area contributed by atoms with Gasteiger partial charge in [-0.3, -0.25) is 0 Å². The zero-order chi connectivity index (χ0) is 5.54. The molecule has 0 N–H and O–H groups in total. The Morgan fingerprint density at radius 1 is 1.57 bits per heavy atom. The Hall–Kier alpha value is 0.506. The summed E-state index contributed by atoms with van der Waals surface area (Å²) < 4.78 is 2.84. The van der Waals surface area contributed by atoms with Crippen LogP contribution in [0, 0.1) is 0 Å². The average Bonchev–Trinajstić information content (AvgIpc) is 1.69. The molecule has 0 heterocycles. The van der Waals surface area contributed by atoms with Crippen molar-refractivity contribution in [3.63, 3.8) is 0 Å². The van der Waals surface area contributed by atoms with Crippen LogP contribution in [-0.4, -0.2) is 20.4 Å². The normalized spacial score (nSPS) is 9.43. The first-order valence-electron chi connectivity index (χ1n) is 3.03. The smallest absolute Gasteiger partial charge is 0.148 e. The van der Waals surface area contributed by atoms with Crippen molar-refractivity contribution in [3.05, 3.63) is 12.2 Å². The zero-order valence-corrected chi connectivity index (χ0v) is 6.69. The van der Waals surface area contributed by atoms with Crippen LogP contribution in [0.15, 0.2) is 12.2 Å². The third-order valence-electron chi connectivity index (χ3n) is 0.960. The van der Waals surface area contributed by atoms with E-state index in [2.05, 4.69) is 26.0 Å². The molecule has 0 rings (SSSR count). The molecule has 0 saturated heterocycles. The van der Waals surface area contributed by atoms with Crippen molar-refractivity contribution in [3.8, 4) is 0 Å². The summed E-state index contributed by atoms with van der Waals surface area (Å²) in [6.07, 6.45) is 4.42. The molecular weight excluding hydrogens is 96.4 g/mol. The molecule has 1 heteroatoms. The van der Waals surface area contributed by atoms with Gasteiger partial charge in [0.25, 0.3) is 0 Å². The lowest BCUT2D eigenvalue weighted by molar-refractivity contribution is 1.42. The summed E-state index contributed by atoms with van der Waals surface area (Å²) in [7, 11) is 0. The summed E-state index contributed by atoms with van der Waals surface area (Å²) in [5.74, 6) is 0. The van der Waals surface area contributed by atoms with Gasteiger partial charge in [0.15, 0.2) is 0 Å². The minimum atomic E-state index is 0.324. The fraction of sp³-hybridized carbons (Fsp3) is 0.667. The molecule has 0 amide bonds. The number of rotatable bonds is 3. The molecule has 0 fully saturated rings. The molecule has 0 aromatic heterocycles. The summed E-state index contributed by atoms with van der Waals surface area (Å²) >= 11 is 0.324. The van der Waals surface area contributed by atoms with E-state index in [0.717, 1.165) is 0 Å². The minimum absolute atomic E-state index is 0.324. The van der Waals surface area contributed by atoms with Crippen molar-refractivity contribution in [2.45, 2.75) is 22.9 Å². The fourth-order valence-corrected chi connectivity index (χ4v) is 1.47. The topological polar surface area (TPSA) is 0 Å². The van der Waals surface area contributed by atoms with Crippen molar-refractivity contribution >= 4 is 20.4 Å². The summed E-state index contributed by atoms with van der Waals surface area (Å²) in [5.41, 5.74) is 0. The molecule has 0 aromatic carbocycles. The Labute approximate surface area is 55.7 Å². The van der Waals surface area contributed by atoms with Crippen LogP contribution in [0.5, 0.6) is 0 Å². The first-order chi connectivity index (χ1) is 3.41. The van der Waals surface area contributed by atoms with Gasteiger partial charge in [0.05, 0.1) is 0 Å². The summed E-state index contributed by atoms with van der Waals surface area (Å²) in [5, 5.41) is 0. The van der Waals surface area contributed by atoms with E-state index < -0.39 is 0 Å². The Morgan fingerprint density at radius 3 is 2.71 bits per heavy atom. The highest BCUT2D eigenvalue weighted by atomic mass is 24.5. The summed E-state index contributed by atoms with van der Waals surface area (Å²) in [6.45, 7) is 4.36. The Morgan fingerprint density at radius 2 is 2.29 bits per heavy atom. The molecule has 0 aliphatic carbocycles. The molecule has 0 aromatic rings. The second kappa shape index (κ2) is 6.51. The molecule has 0 spiro atoms. The van der Waals surface area contributed by atoms with Crippen molar-refractivity contribution in [1.82, 2.24) is 0 Å². The lowest BCUT2D eigenvalue weighted by Crippen LogP contribution is -1.78. The number of allylic oxidation sites excluding steroid dienone is 2. The van der Waals surface area contributed by atoms with Crippen LogP contribution in [0.4, 0.5) is 0 Å². The maximum Gasteiger partial charge on any atom is 0.369 e. The van der Waals surface area contributed by atoms with Gasteiger partial charge in [-0.2, -0.15) is 0 Å². The molecule has 7 heavy (non-hydrogen) atoms. The Kier molecular flexibility index (Phi) is 6.98. The molecule has 0 nitrogen and oxygen atoms in total. The zero-order valence-electron chi connectivity index (χ0n) is 5.28. The highest BCUT2D eigenvalue weighted by Crippen LogP contribution is 1.84. The Balaban J connectivity index is 2.69. The van der Waals surface area contributed by atoms with Gasteiger partial charge in [-0.15, -0.1) is 15.2 Å². The highest BCUT2D eigenvalue weighted by Gasteiger charge is 1.82. The summed E-state index contributed by atoms with van der Waals surface area (Å²) in [4.78, 5) is 0. The van der Waals surface area contributed by atoms with Crippen LogP contribution >= 0.6 is 0 Å². The molecule has 0 aliphatic rings. The van der Waals surface area contributed by atoms with Crippen molar-refractivity contribution in [2.24, 2.45) is 0 Å². The predicted molar refractivity (Wildman–Crippen MR) is 35.9 cm³/mol. The van der Waals surface area contributed by atoms with Gasteiger partial charge in [0.1, 0.15) is 0 Å². The standard InChI is InChI=1S/C4H7.C2H5.Mg/c1-3-4-2;1-2;/h3-4H,1H2,2H3;1H2,2H3;. The monoisotopic (exact) mass is 108 g/mol. The van der Waals surface area contributed by atoms with Crippen LogP contribution in [0.2, 0.25) is 9.10 Å². The van der Waals surface area contributed by atoms with E-state index in [1.807, 2.05) is 0 Å². The van der Waals surface area contributed by atoms with Crippen LogP contribution < -0.4 is 0 Å². The average molecular weight is 108 g/mol. The third kappa shape index (κ3) is 6.51. The molecule has 0 aliphatic heterocycles. The molecule has 38 valence electrons. The molecule has 0 bridgehead atoms. The van der Waals surface area contributed by atoms with Crippen LogP contribution in [0.25, 0.3) is 0 Å². The van der Waals surface area contributed by atoms with E-state index in [1.54, 1.807) is 0 Å². The van der Waals surface area contributed by atoms with E-state index in [4.69, 9.17) is 0 Å². The van der Waals surface area contributed by atoms with Crippen molar-refractivity contribution in [2.75, 3.05) is 0 Å². The van der Waals surface area contributed by atoms with Gasteiger partial charge >= 0.3 is 20.4 Å². The Bertz CT molecular complexity index is 48.1. The molecule has 0 unspecified atom stereocenters. The largest absolute Gasteiger partial charge is 0.369 e. The SMILES string of the molecule is CC=C[CH2][Mg][CH2]C. The number of hydrogen-bond acceptors (Lipinski definition) is 0. The first kappa shape index (κ1) is 7.51. The van der Waals surface area contributed by atoms with Gasteiger partial charge in [0, 0.05) is 0 Å². The second-order valence-corrected chi connectivity index (χ2v) is 4.00. The third-order valence-corrected chi connectivity index (χ3v) is 2.41. The van der Waals surface area contributed by atoms with Crippen LogP contribution in [-0.2, 0) is 0 Å². The quantitative estimate of drug-likeness (QED) is 0.295. The molecule has 0 radical (unpaired) electrons. The van der Waals surface area contributed by atoms with Gasteiger partial charge in [-0.1, -0.05) is 13.0 Å². The highest BCUT2D eigenvalue weighted by molar-refractivity contribution is 6.35. The lowest BCUT2D eigenvalue weighted by Gasteiger charge is -1.78. The van der Waals surface area contributed by atoms with Crippen molar-refractivity contribution < 1.29 is 0 Å². The minimum Gasteiger partial charge on any atom is -0.148 e. The summed E-state index contributed by atoms with van der Waals surface area (Å²) in [6, 6.07) is 0. The molecular formula is C6H12Mg. The fourth-order valence-electron chi connectivity index (χ4n) is 0.489. The van der Waals surface area contributed by atoms with E-state index in [0.29, 0.717) is 20.4 Å². The van der Waals surface area contributed by atoms with Gasteiger partial charge in [0.2, 0.25) is 0 Å². The first-order valence-corrected chi connectivity index (χ1v) is 5.03.